The third-order valence-corrected chi connectivity index (χ3v) is 9.82. The van der Waals surface area contributed by atoms with Crippen molar-refractivity contribution in [3.8, 4) is 11.1 Å². The minimum Gasteiger partial charge on any atom is -0.456 e. The van der Waals surface area contributed by atoms with Gasteiger partial charge in [-0.3, -0.25) is 0 Å². The lowest BCUT2D eigenvalue weighted by Crippen LogP contribution is -2.10. The Balaban J connectivity index is 1.25. The first kappa shape index (κ1) is 26.8. The molecule has 0 atom stereocenters. The van der Waals surface area contributed by atoms with E-state index in [-0.39, 0.29) is 0 Å². The van der Waals surface area contributed by atoms with Crippen molar-refractivity contribution in [1.82, 2.24) is 0 Å². The molecule has 2 nitrogen and oxygen atoms in total. The molecule has 1 aromatic heterocycles. The highest BCUT2D eigenvalue weighted by Gasteiger charge is 2.21. The zero-order valence-corrected chi connectivity index (χ0v) is 26.1. The molecule has 1 heterocycles. The number of fused-ring (bicyclic) bond motifs is 11. The second-order valence-corrected chi connectivity index (χ2v) is 12.4. The number of rotatable bonds is 4. The predicted molar refractivity (Wildman–Crippen MR) is 204 cm³/mol. The number of furan rings is 1. The SMILES string of the molecule is c1ccc(N(c2ccc(-c3cccc4ccccc34)cc2)c2cccc3c4ccc5oc6ccccc6c5c4c4ccccc4c23)cc1. The van der Waals surface area contributed by atoms with E-state index in [0.717, 1.165) is 33.6 Å². The van der Waals surface area contributed by atoms with Crippen LogP contribution in [-0.2, 0) is 0 Å². The normalized spacial score (nSPS) is 11.8. The van der Waals surface area contributed by atoms with Gasteiger partial charge in [-0.15, -0.1) is 0 Å². The second-order valence-electron chi connectivity index (χ2n) is 12.4. The average Bonchev–Trinajstić information content (AvgIpc) is 3.54. The highest BCUT2D eigenvalue weighted by Crippen LogP contribution is 2.47. The molecular formula is C46H29NO. The second kappa shape index (κ2) is 10.6. The van der Waals surface area contributed by atoms with Crippen molar-refractivity contribution in [1.29, 1.82) is 0 Å². The lowest BCUT2D eigenvalue weighted by atomic mass is 9.90. The van der Waals surface area contributed by atoms with E-state index in [1.165, 1.54) is 59.6 Å². The summed E-state index contributed by atoms with van der Waals surface area (Å²) >= 11 is 0. The zero-order chi connectivity index (χ0) is 31.6. The highest BCUT2D eigenvalue weighted by atomic mass is 16.3. The summed E-state index contributed by atoms with van der Waals surface area (Å²) < 4.78 is 6.36. The summed E-state index contributed by atoms with van der Waals surface area (Å²) in [5.41, 5.74) is 7.65. The maximum atomic E-state index is 6.36. The first-order valence-corrected chi connectivity index (χ1v) is 16.4. The van der Waals surface area contributed by atoms with Crippen molar-refractivity contribution in [2.75, 3.05) is 4.90 Å². The molecule has 224 valence electrons. The van der Waals surface area contributed by atoms with Crippen molar-refractivity contribution in [3.05, 3.63) is 176 Å². The molecule has 10 aromatic rings. The van der Waals surface area contributed by atoms with Crippen molar-refractivity contribution >= 4 is 82.1 Å². The Morgan fingerprint density at radius 3 is 1.73 bits per heavy atom. The number of hydrogen-bond acceptors (Lipinski definition) is 2. The number of nitrogens with zero attached hydrogens (tertiary/aromatic N) is 1. The average molecular weight is 612 g/mol. The van der Waals surface area contributed by atoms with E-state index in [1.807, 2.05) is 6.07 Å². The lowest BCUT2D eigenvalue weighted by Gasteiger charge is -2.28. The fraction of sp³-hybridized carbons (Fsp3) is 0. The van der Waals surface area contributed by atoms with E-state index >= 15 is 0 Å². The minimum atomic E-state index is 0.917. The van der Waals surface area contributed by atoms with Gasteiger partial charge < -0.3 is 9.32 Å². The smallest absolute Gasteiger partial charge is 0.136 e. The van der Waals surface area contributed by atoms with Gasteiger partial charge in [0.2, 0.25) is 0 Å². The molecule has 0 aliphatic carbocycles. The van der Waals surface area contributed by atoms with Crippen LogP contribution in [0.5, 0.6) is 0 Å². The van der Waals surface area contributed by atoms with Crippen LogP contribution in [-0.4, -0.2) is 0 Å². The van der Waals surface area contributed by atoms with Gasteiger partial charge in [0.25, 0.3) is 0 Å². The largest absolute Gasteiger partial charge is 0.456 e. The molecule has 0 saturated heterocycles. The molecule has 0 fully saturated rings. The molecule has 48 heavy (non-hydrogen) atoms. The molecule has 2 heteroatoms. The van der Waals surface area contributed by atoms with Gasteiger partial charge in [0, 0.05) is 32.9 Å². The van der Waals surface area contributed by atoms with Gasteiger partial charge in [-0.05, 0) is 92.0 Å². The Morgan fingerprint density at radius 2 is 0.917 bits per heavy atom. The van der Waals surface area contributed by atoms with Crippen LogP contribution in [0.4, 0.5) is 17.1 Å². The number of hydrogen-bond donors (Lipinski definition) is 0. The summed E-state index contributed by atoms with van der Waals surface area (Å²) in [7, 11) is 0. The Kier molecular flexibility index (Phi) is 5.91. The Morgan fingerprint density at radius 1 is 0.333 bits per heavy atom. The maximum Gasteiger partial charge on any atom is 0.136 e. The van der Waals surface area contributed by atoms with Gasteiger partial charge in [0.1, 0.15) is 11.2 Å². The van der Waals surface area contributed by atoms with Crippen LogP contribution >= 0.6 is 0 Å². The fourth-order valence-electron chi connectivity index (χ4n) is 7.75. The van der Waals surface area contributed by atoms with Crippen LogP contribution in [0, 0.1) is 0 Å². The van der Waals surface area contributed by atoms with Gasteiger partial charge in [0.15, 0.2) is 0 Å². The summed E-state index contributed by atoms with van der Waals surface area (Å²) in [4.78, 5) is 2.40. The summed E-state index contributed by atoms with van der Waals surface area (Å²) in [5, 5.41) is 12.2. The minimum absolute atomic E-state index is 0.917. The van der Waals surface area contributed by atoms with Crippen LogP contribution in [0.2, 0.25) is 0 Å². The quantitative estimate of drug-likeness (QED) is 0.184. The molecule has 9 aromatic carbocycles. The topological polar surface area (TPSA) is 16.4 Å². The molecule has 0 saturated carbocycles. The molecule has 0 unspecified atom stereocenters. The van der Waals surface area contributed by atoms with E-state index in [4.69, 9.17) is 4.42 Å². The molecular weight excluding hydrogens is 583 g/mol. The Labute approximate surface area is 277 Å². The molecule has 0 N–H and O–H groups in total. The molecule has 0 amide bonds. The van der Waals surface area contributed by atoms with Crippen molar-refractivity contribution in [2.24, 2.45) is 0 Å². The van der Waals surface area contributed by atoms with Crippen molar-refractivity contribution in [2.45, 2.75) is 0 Å². The van der Waals surface area contributed by atoms with E-state index in [0.29, 0.717) is 0 Å². The monoisotopic (exact) mass is 611 g/mol. The summed E-state index contributed by atoms with van der Waals surface area (Å²) in [6.07, 6.45) is 0. The number of benzene rings is 9. The Hall–Kier alpha value is -6.38. The van der Waals surface area contributed by atoms with Crippen LogP contribution in [0.3, 0.4) is 0 Å². The van der Waals surface area contributed by atoms with Gasteiger partial charge >= 0.3 is 0 Å². The first-order valence-electron chi connectivity index (χ1n) is 16.4. The molecule has 0 aliphatic heterocycles. The van der Waals surface area contributed by atoms with Crippen LogP contribution in [0.1, 0.15) is 0 Å². The lowest BCUT2D eigenvalue weighted by molar-refractivity contribution is 0.669. The van der Waals surface area contributed by atoms with E-state index in [2.05, 4.69) is 175 Å². The maximum absolute atomic E-state index is 6.36. The van der Waals surface area contributed by atoms with E-state index in [9.17, 15) is 0 Å². The fourth-order valence-corrected chi connectivity index (χ4v) is 7.75. The molecule has 0 bridgehead atoms. The highest BCUT2D eigenvalue weighted by molar-refractivity contribution is 6.36. The van der Waals surface area contributed by atoms with Crippen molar-refractivity contribution < 1.29 is 4.42 Å². The molecule has 0 aliphatic rings. The molecule has 0 radical (unpaired) electrons. The number of anilines is 3. The third-order valence-electron chi connectivity index (χ3n) is 9.82. The first-order chi connectivity index (χ1) is 23.8. The predicted octanol–water partition coefficient (Wildman–Crippen LogP) is 13.3. The van der Waals surface area contributed by atoms with E-state index < -0.39 is 0 Å². The standard InChI is InChI=1S/C46H29NO/c1-2-14-32(15-3-1)47(33-26-24-31(25-27-33)35-20-10-13-30-12-4-5-16-34(30)35)41-22-11-21-37-39-28-29-43-46(40-19-8-9-23-42(40)48-43)45(39)38-18-7-6-17-36(38)44(37)41/h1-29H. The van der Waals surface area contributed by atoms with Crippen LogP contribution < -0.4 is 4.90 Å². The van der Waals surface area contributed by atoms with E-state index in [1.54, 1.807) is 0 Å². The van der Waals surface area contributed by atoms with Crippen molar-refractivity contribution in [3.63, 3.8) is 0 Å². The van der Waals surface area contributed by atoms with Crippen LogP contribution in [0.25, 0.3) is 76.2 Å². The third kappa shape index (κ3) is 4.00. The summed E-state index contributed by atoms with van der Waals surface area (Å²) in [6.45, 7) is 0. The van der Waals surface area contributed by atoms with Crippen LogP contribution in [0.15, 0.2) is 180 Å². The van der Waals surface area contributed by atoms with Gasteiger partial charge in [-0.25, -0.2) is 0 Å². The molecule has 10 rings (SSSR count). The Bertz CT molecular complexity index is 2790. The molecule has 0 spiro atoms. The zero-order valence-electron chi connectivity index (χ0n) is 26.1. The van der Waals surface area contributed by atoms with Gasteiger partial charge in [0.05, 0.1) is 5.69 Å². The van der Waals surface area contributed by atoms with Gasteiger partial charge in [-0.2, -0.15) is 0 Å². The van der Waals surface area contributed by atoms with Gasteiger partial charge in [-0.1, -0.05) is 127 Å². The summed E-state index contributed by atoms with van der Waals surface area (Å²) in [6, 6.07) is 63.2. The number of para-hydroxylation sites is 2. The summed E-state index contributed by atoms with van der Waals surface area (Å²) in [5.74, 6) is 0.